The Bertz CT molecular complexity index is 1320. The summed E-state index contributed by atoms with van der Waals surface area (Å²) >= 11 is 0. The number of carboxylic acid groups (broad SMARTS) is 2. The molecule has 4 atom stereocenters. The zero-order chi connectivity index (χ0) is 46.9. The summed E-state index contributed by atoms with van der Waals surface area (Å²) in [6.45, 7) is 8.46. The molecule has 0 N–H and O–H groups in total. The molecule has 0 aromatic heterocycles. The molecular weight excluding hydrogens is 946 g/mol. The minimum absolute atomic E-state index is 0. The fourth-order valence-electron chi connectivity index (χ4n) is 7.88. The number of carbonyl (C=O) groups is 4. The maximum absolute atomic E-state index is 11.6. The average Bonchev–Trinajstić information content (AvgIpc) is 3.27. The second kappa shape index (κ2) is 44.3. The molecule has 11 heteroatoms. The van der Waals surface area contributed by atoms with E-state index in [2.05, 4.69) is 13.8 Å². The molecule has 4 unspecified atom stereocenters. The van der Waals surface area contributed by atoms with Crippen molar-refractivity contribution < 1.29 is 48.3 Å². The van der Waals surface area contributed by atoms with Crippen LogP contribution in [0.3, 0.4) is 0 Å². The Balaban J connectivity index is 0.00000124. The van der Waals surface area contributed by atoms with E-state index in [1.807, 2.05) is 60.7 Å². The summed E-state index contributed by atoms with van der Waals surface area (Å²) in [6.07, 6.45) is 26.6. The summed E-state index contributed by atoms with van der Waals surface area (Å²) in [5, 5.41) is 21.4. The van der Waals surface area contributed by atoms with Gasteiger partial charge >= 0.3 is 60.8 Å². The number of benzene rings is 2. The molecule has 364 valence electrons. The third-order valence-electron chi connectivity index (χ3n) is 11.5. The summed E-state index contributed by atoms with van der Waals surface area (Å²) in [7, 11) is 0. The first-order valence-corrected chi connectivity index (χ1v) is 25.1. The number of rotatable bonds is 40. The van der Waals surface area contributed by atoms with Crippen LogP contribution in [0.4, 0.5) is 0 Å². The molecule has 10 nitrogen and oxygen atoms in total. The second-order valence-electron chi connectivity index (χ2n) is 17.5. The zero-order valence-corrected chi connectivity index (χ0v) is 45.5. The van der Waals surface area contributed by atoms with E-state index in [-0.39, 0.29) is 98.1 Å². The van der Waals surface area contributed by atoms with Crippen LogP contribution in [0, 0.1) is 0 Å². The van der Waals surface area contributed by atoms with E-state index >= 15 is 0 Å². The first-order chi connectivity index (χ1) is 31.0. The molecule has 0 spiro atoms. The number of carbonyl (C=O) groups excluding carboxylic acids is 4. The molecule has 0 heterocycles. The molecule has 0 fully saturated rings. The normalized spacial score (nSPS) is 12.7. The predicted molar refractivity (Wildman–Crippen MR) is 258 cm³/mol. The molecule has 65 heavy (non-hydrogen) atoms. The molecule has 0 aliphatic heterocycles. The number of aliphatic carboxylic acids is 2. The van der Waals surface area contributed by atoms with Crippen LogP contribution >= 0.6 is 0 Å². The van der Waals surface area contributed by atoms with E-state index < -0.39 is 11.9 Å². The van der Waals surface area contributed by atoms with Crippen LogP contribution in [0.1, 0.15) is 219 Å². The molecule has 0 aliphatic carbocycles. The molecule has 0 radical (unpaired) electrons. The second-order valence-corrected chi connectivity index (χ2v) is 17.5. The number of hydrogen-bond donors (Lipinski definition) is 0. The Morgan fingerprint density at radius 3 is 1.03 bits per heavy atom. The van der Waals surface area contributed by atoms with Gasteiger partial charge in [-0.1, -0.05) is 164 Å². The van der Waals surface area contributed by atoms with Crippen molar-refractivity contribution in [3.8, 4) is 0 Å². The Morgan fingerprint density at radius 2 is 0.708 bits per heavy atom. The largest absolute Gasteiger partial charge is 2.00 e. The van der Waals surface area contributed by atoms with Crippen molar-refractivity contribution in [2.24, 2.45) is 0 Å². The van der Waals surface area contributed by atoms with Crippen molar-refractivity contribution in [1.29, 1.82) is 0 Å². The van der Waals surface area contributed by atoms with Gasteiger partial charge in [0, 0.05) is 25.8 Å². The third kappa shape index (κ3) is 40.6. The van der Waals surface area contributed by atoms with Gasteiger partial charge in [-0.2, -0.15) is 0 Å². The molecular formula is C54H86BaO10. The number of unbranched alkanes of at least 4 members (excludes halogenated alkanes) is 14. The van der Waals surface area contributed by atoms with Crippen molar-refractivity contribution in [2.45, 2.75) is 245 Å². The van der Waals surface area contributed by atoms with Crippen LogP contribution in [0.5, 0.6) is 0 Å². The Morgan fingerprint density at radius 1 is 0.415 bits per heavy atom. The van der Waals surface area contributed by atoms with Crippen LogP contribution in [-0.4, -0.2) is 97.2 Å². The van der Waals surface area contributed by atoms with Crippen LogP contribution < -0.4 is 10.2 Å². The van der Waals surface area contributed by atoms with Crippen LogP contribution in [0.2, 0.25) is 0 Å². The molecule has 0 bridgehead atoms. The number of carboxylic acids is 2. The number of hydrogen-bond acceptors (Lipinski definition) is 10. The standard InChI is InChI=1S/2C27H44O5.Ba/c2*1-3-4-5-6-7-8-12-18-26(32-23(2)28)21-20-25(17-13-14-19-27(29)30)31-22-24-15-10-9-11-16-24;/h2*9-11,15-16,25-26H,3-8,12-14,17-22H2,1-2H3,(H,29,30);/q;;+2/p-2. The van der Waals surface area contributed by atoms with Crippen molar-refractivity contribution in [2.75, 3.05) is 0 Å². The summed E-state index contributed by atoms with van der Waals surface area (Å²) in [5.41, 5.74) is 2.23. The van der Waals surface area contributed by atoms with Crippen molar-refractivity contribution in [1.82, 2.24) is 0 Å². The van der Waals surface area contributed by atoms with Gasteiger partial charge in [0.2, 0.25) is 0 Å². The first-order valence-electron chi connectivity index (χ1n) is 25.1. The van der Waals surface area contributed by atoms with E-state index in [1.165, 1.54) is 90.9 Å². The van der Waals surface area contributed by atoms with E-state index in [4.69, 9.17) is 18.9 Å². The monoisotopic (exact) mass is 1030 g/mol. The van der Waals surface area contributed by atoms with Crippen molar-refractivity contribution in [3.63, 3.8) is 0 Å². The van der Waals surface area contributed by atoms with E-state index in [1.54, 1.807) is 0 Å². The Labute approximate surface area is 434 Å². The Hall–Kier alpha value is -2.19. The minimum Gasteiger partial charge on any atom is -0.550 e. The number of ether oxygens (including phenoxy) is 4. The summed E-state index contributed by atoms with van der Waals surface area (Å²) in [6, 6.07) is 20.1. The molecule has 0 saturated carbocycles. The summed E-state index contributed by atoms with van der Waals surface area (Å²) in [5.74, 6) is -2.46. The Kier molecular flexibility index (Phi) is 42.8. The predicted octanol–water partition coefficient (Wildman–Crippen LogP) is 11.1. The fourth-order valence-corrected chi connectivity index (χ4v) is 7.88. The van der Waals surface area contributed by atoms with Gasteiger partial charge in [-0.3, -0.25) is 9.59 Å². The molecule has 0 aliphatic rings. The molecule has 2 aromatic carbocycles. The smallest absolute Gasteiger partial charge is 0.550 e. The quantitative estimate of drug-likeness (QED) is 0.0358. The maximum Gasteiger partial charge on any atom is 2.00 e. The van der Waals surface area contributed by atoms with Gasteiger partial charge in [0.25, 0.3) is 0 Å². The first kappa shape index (κ1) is 62.8. The molecule has 0 saturated heterocycles. The van der Waals surface area contributed by atoms with Gasteiger partial charge in [-0.25, -0.2) is 0 Å². The van der Waals surface area contributed by atoms with Gasteiger partial charge < -0.3 is 38.7 Å². The van der Waals surface area contributed by atoms with Gasteiger partial charge in [0.05, 0.1) is 25.4 Å². The fraction of sp³-hybridized carbons (Fsp3) is 0.704. The third-order valence-corrected chi connectivity index (χ3v) is 11.5. The van der Waals surface area contributed by atoms with E-state index in [9.17, 15) is 29.4 Å². The van der Waals surface area contributed by atoms with E-state index in [0.29, 0.717) is 26.1 Å². The average molecular weight is 1030 g/mol. The van der Waals surface area contributed by atoms with Crippen molar-refractivity contribution >= 4 is 72.8 Å². The minimum atomic E-state index is -1.00. The van der Waals surface area contributed by atoms with Gasteiger partial charge in [-0.05, 0) is 101 Å². The van der Waals surface area contributed by atoms with Crippen LogP contribution in [0.25, 0.3) is 0 Å². The summed E-state index contributed by atoms with van der Waals surface area (Å²) < 4.78 is 23.5. The SMILES string of the molecule is CCCCCCCCCC(CCC(CCCCC(=O)[O-])OCc1ccccc1)OC(C)=O.CCCCCCCCCC(CCC(CCCCC(=O)[O-])OCc1ccccc1)OC(C)=O.[Ba+2]. The van der Waals surface area contributed by atoms with Gasteiger partial charge in [0.1, 0.15) is 12.2 Å². The zero-order valence-electron chi connectivity index (χ0n) is 41.1. The molecule has 2 aromatic rings. The van der Waals surface area contributed by atoms with Crippen LogP contribution in [0.15, 0.2) is 60.7 Å². The van der Waals surface area contributed by atoms with Gasteiger partial charge in [-0.15, -0.1) is 0 Å². The molecule has 0 amide bonds. The molecule has 2 rings (SSSR count). The van der Waals surface area contributed by atoms with Gasteiger partial charge in [0.15, 0.2) is 0 Å². The summed E-state index contributed by atoms with van der Waals surface area (Å²) in [4.78, 5) is 44.5. The van der Waals surface area contributed by atoms with Crippen molar-refractivity contribution in [3.05, 3.63) is 71.8 Å². The topological polar surface area (TPSA) is 151 Å². The van der Waals surface area contributed by atoms with E-state index in [0.717, 1.165) is 88.2 Å². The number of esters is 2. The maximum atomic E-state index is 11.6. The van der Waals surface area contributed by atoms with Crippen LogP contribution in [-0.2, 0) is 51.3 Å².